The van der Waals surface area contributed by atoms with Gasteiger partial charge in [-0.2, -0.15) is 0 Å². The van der Waals surface area contributed by atoms with Crippen LogP contribution in [-0.4, -0.2) is 27.4 Å². The van der Waals surface area contributed by atoms with Gasteiger partial charge in [0.1, 0.15) is 0 Å². The van der Waals surface area contributed by atoms with Crippen LogP contribution in [0.5, 0.6) is 0 Å². The number of hydrogen-bond acceptors (Lipinski definition) is 3. The number of aromatic amines is 1. The third-order valence-electron chi connectivity index (χ3n) is 6.02. The molecule has 5 nitrogen and oxygen atoms in total. The van der Waals surface area contributed by atoms with E-state index in [0.29, 0.717) is 0 Å². The molecule has 1 fully saturated rings. The summed E-state index contributed by atoms with van der Waals surface area (Å²) in [4.78, 5) is 24.9. The van der Waals surface area contributed by atoms with Crippen LogP contribution in [0.2, 0.25) is 0 Å². The van der Waals surface area contributed by atoms with Gasteiger partial charge < -0.3 is 10.3 Å². The Kier molecular flexibility index (Phi) is 3.64. The van der Waals surface area contributed by atoms with E-state index in [1.165, 1.54) is 12.8 Å². The summed E-state index contributed by atoms with van der Waals surface area (Å²) in [5.74, 6) is 0.0297. The fourth-order valence-corrected chi connectivity index (χ4v) is 4.49. The summed E-state index contributed by atoms with van der Waals surface area (Å²) in [5, 5.41) is 3.10. The summed E-state index contributed by atoms with van der Waals surface area (Å²) in [6, 6.07) is 10.1. The molecule has 2 N–H and O–H groups in total. The molecule has 2 aliphatic rings. The molecule has 3 aromatic heterocycles. The summed E-state index contributed by atoms with van der Waals surface area (Å²) >= 11 is 0. The van der Waals surface area contributed by atoms with Crippen LogP contribution in [0.4, 0.5) is 0 Å². The van der Waals surface area contributed by atoms with Crippen LogP contribution >= 0.6 is 0 Å². The minimum Gasteiger partial charge on any atom is -0.357 e. The lowest BCUT2D eigenvalue weighted by atomic mass is 9.78. The van der Waals surface area contributed by atoms with Gasteiger partial charge in [0.2, 0.25) is 0 Å². The molecular weight excluding hydrogens is 336 g/mol. The quantitative estimate of drug-likeness (QED) is 0.727. The minimum absolute atomic E-state index is 0.0297. The number of nitrogens with one attached hydrogen (secondary N) is 2. The molecule has 0 saturated heterocycles. The van der Waals surface area contributed by atoms with Crippen molar-refractivity contribution in [2.24, 2.45) is 0 Å². The minimum atomic E-state index is 0.0297. The Morgan fingerprint density at radius 2 is 1.89 bits per heavy atom. The predicted octanol–water partition coefficient (Wildman–Crippen LogP) is 4.00. The molecule has 1 saturated carbocycles. The van der Waals surface area contributed by atoms with Gasteiger partial charge in [-0.25, -0.2) is 0 Å². The molecule has 0 aromatic carbocycles. The number of carbonyl (C=O) groups excluding carboxylic acids is 1. The number of carbonyl (C=O) groups is 1. The van der Waals surface area contributed by atoms with Crippen molar-refractivity contribution in [3.63, 3.8) is 0 Å². The fourth-order valence-electron chi connectivity index (χ4n) is 4.49. The maximum Gasteiger partial charge on any atom is 0.253 e. The standard InChI is InChI=1S/C22H22N4O/c1-14-4-5-16(12-24-14)18-10-15(6-9-23-18)19-11-17-20(26-19)22(7-2-3-8-22)13-25-21(17)27/h4-6,9-12,26H,2-3,7-8,13H2,1H3,(H,25,27). The van der Waals surface area contributed by atoms with Gasteiger partial charge in [-0.1, -0.05) is 12.8 Å². The Labute approximate surface area is 158 Å². The first-order valence-corrected chi connectivity index (χ1v) is 9.56. The third kappa shape index (κ3) is 2.65. The van der Waals surface area contributed by atoms with Gasteiger partial charge >= 0.3 is 0 Å². The zero-order valence-electron chi connectivity index (χ0n) is 15.4. The first-order valence-electron chi connectivity index (χ1n) is 9.56. The largest absolute Gasteiger partial charge is 0.357 e. The topological polar surface area (TPSA) is 70.7 Å². The third-order valence-corrected chi connectivity index (χ3v) is 6.02. The highest BCUT2D eigenvalue weighted by Crippen LogP contribution is 2.44. The lowest BCUT2D eigenvalue weighted by Gasteiger charge is -2.33. The SMILES string of the molecule is Cc1ccc(-c2cc(-c3cc4c([nH]3)C3(CCCC3)CNC4=O)ccn2)cn1. The Balaban J connectivity index is 1.57. The van der Waals surface area contributed by atoms with E-state index in [1.54, 1.807) is 0 Å². The maximum atomic E-state index is 12.4. The van der Waals surface area contributed by atoms with E-state index < -0.39 is 0 Å². The van der Waals surface area contributed by atoms with E-state index in [1.807, 2.05) is 43.6 Å². The summed E-state index contributed by atoms with van der Waals surface area (Å²) in [6.45, 7) is 2.72. The summed E-state index contributed by atoms with van der Waals surface area (Å²) in [7, 11) is 0. The number of rotatable bonds is 2. The smallest absolute Gasteiger partial charge is 0.253 e. The van der Waals surface area contributed by atoms with E-state index in [-0.39, 0.29) is 11.3 Å². The van der Waals surface area contributed by atoms with Crippen molar-refractivity contribution in [2.45, 2.75) is 38.0 Å². The molecule has 0 radical (unpaired) electrons. The van der Waals surface area contributed by atoms with Crippen LogP contribution in [-0.2, 0) is 5.41 Å². The number of H-pyrrole nitrogens is 1. The second-order valence-electron chi connectivity index (χ2n) is 7.76. The lowest BCUT2D eigenvalue weighted by molar-refractivity contribution is 0.0924. The van der Waals surface area contributed by atoms with Crippen LogP contribution < -0.4 is 5.32 Å². The highest BCUT2D eigenvalue weighted by atomic mass is 16.1. The second kappa shape index (κ2) is 6.05. The van der Waals surface area contributed by atoms with Gasteiger partial charge in [0, 0.05) is 52.6 Å². The molecule has 1 aliphatic heterocycles. The summed E-state index contributed by atoms with van der Waals surface area (Å²) in [6.07, 6.45) is 8.39. The van der Waals surface area contributed by atoms with Crippen LogP contribution in [0.1, 0.15) is 47.4 Å². The van der Waals surface area contributed by atoms with Crippen LogP contribution in [0.25, 0.3) is 22.5 Å². The Bertz CT molecular complexity index is 1010. The first-order chi connectivity index (χ1) is 13.1. The van der Waals surface area contributed by atoms with Gasteiger partial charge in [0.25, 0.3) is 5.91 Å². The van der Waals surface area contributed by atoms with Crippen molar-refractivity contribution in [3.8, 4) is 22.5 Å². The Morgan fingerprint density at radius 1 is 1.04 bits per heavy atom. The molecule has 1 amide bonds. The van der Waals surface area contributed by atoms with Crippen molar-refractivity contribution in [1.82, 2.24) is 20.3 Å². The molecule has 27 heavy (non-hydrogen) atoms. The van der Waals surface area contributed by atoms with Gasteiger partial charge in [-0.05, 0) is 50.1 Å². The van der Waals surface area contributed by atoms with Gasteiger partial charge in [0.15, 0.2) is 0 Å². The van der Waals surface area contributed by atoms with Crippen molar-refractivity contribution in [2.75, 3.05) is 6.54 Å². The Hall–Kier alpha value is -2.95. The second-order valence-corrected chi connectivity index (χ2v) is 7.76. The highest BCUT2D eigenvalue weighted by Gasteiger charge is 2.43. The zero-order chi connectivity index (χ0) is 18.4. The molecule has 5 rings (SSSR count). The Morgan fingerprint density at radius 3 is 2.67 bits per heavy atom. The van der Waals surface area contributed by atoms with E-state index in [9.17, 15) is 4.79 Å². The maximum absolute atomic E-state index is 12.4. The van der Waals surface area contributed by atoms with Gasteiger partial charge in [0.05, 0.1) is 11.3 Å². The van der Waals surface area contributed by atoms with E-state index >= 15 is 0 Å². The fraction of sp³-hybridized carbons (Fsp3) is 0.318. The number of aromatic nitrogens is 3. The molecule has 5 heteroatoms. The van der Waals surface area contributed by atoms with E-state index in [0.717, 1.165) is 58.9 Å². The van der Waals surface area contributed by atoms with Crippen molar-refractivity contribution in [1.29, 1.82) is 0 Å². The average molecular weight is 358 g/mol. The molecule has 0 unspecified atom stereocenters. The number of fused-ring (bicyclic) bond motifs is 2. The van der Waals surface area contributed by atoms with Crippen molar-refractivity contribution < 1.29 is 4.79 Å². The number of amides is 1. The molecule has 4 heterocycles. The summed E-state index contributed by atoms with van der Waals surface area (Å²) < 4.78 is 0. The number of hydrogen-bond donors (Lipinski definition) is 2. The number of nitrogens with zero attached hydrogens (tertiary/aromatic N) is 2. The average Bonchev–Trinajstić information content (AvgIpc) is 3.35. The van der Waals surface area contributed by atoms with E-state index in [2.05, 4.69) is 26.3 Å². The molecule has 136 valence electrons. The molecule has 0 bridgehead atoms. The number of pyridine rings is 2. The van der Waals surface area contributed by atoms with Crippen molar-refractivity contribution >= 4 is 5.91 Å². The van der Waals surface area contributed by atoms with E-state index in [4.69, 9.17) is 0 Å². The number of aryl methyl sites for hydroxylation is 1. The predicted molar refractivity (Wildman–Crippen MR) is 104 cm³/mol. The monoisotopic (exact) mass is 358 g/mol. The van der Waals surface area contributed by atoms with Crippen LogP contribution in [0.3, 0.4) is 0 Å². The first kappa shape index (κ1) is 16.2. The van der Waals surface area contributed by atoms with Crippen LogP contribution in [0.15, 0.2) is 42.7 Å². The molecule has 0 atom stereocenters. The highest BCUT2D eigenvalue weighted by molar-refractivity contribution is 5.98. The molecule has 1 spiro atoms. The van der Waals surface area contributed by atoms with Crippen molar-refractivity contribution in [3.05, 3.63) is 59.7 Å². The van der Waals surface area contributed by atoms with Gasteiger partial charge in [-0.15, -0.1) is 0 Å². The normalized spacial score (nSPS) is 17.7. The van der Waals surface area contributed by atoms with Gasteiger partial charge in [-0.3, -0.25) is 14.8 Å². The van der Waals surface area contributed by atoms with Crippen LogP contribution in [0, 0.1) is 6.92 Å². The molecular formula is C22H22N4O. The zero-order valence-corrected chi connectivity index (χ0v) is 15.4. The molecule has 3 aromatic rings. The molecule has 1 aliphatic carbocycles. The summed E-state index contributed by atoms with van der Waals surface area (Å²) in [5.41, 5.74) is 6.87. The lowest BCUT2D eigenvalue weighted by Crippen LogP contribution is -2.45.